The highest BCUT2D eigenvalue weighted by molar-refractivity contribution is 5.86. The summed E-state index contributed by atoms with van der Waals surface area (Å²) in [5, 5.41) is 16.4. The van der Waals surface area contributed by atoms with Crippen molar-refractivity contribution in [2.75, 3.05) is 33.2 Å². The number of nitrogens with zero attached hydrogens (tertiary/aromatic N) is 4. The average Bonchev–Trinajstić information content (AvgIpc) is 2.72. The van der Waals surface area contributed by atoms with Gasteiger partial charge >= 0.3 is 0 Å². The van der Waals surface area contributed by atoms with Gasteiger partial charge in [0.15, 0.2) is 0 Å². The maximum Gasteiger partial charge on any atom is 0.221 e. The van der Waals surface area contributed by atoms with Gasteiger partial charge in [-0.1, -0.05) is 13.0 Å². The molecule has 2 aliphatic heterocycles. The van der Waals surface area contributed by atoms with Crippen LogP contribution < -0.4 is 10.6 Å². The van der Waals surface area contributed by atoms with Gasteiger partial charge in [-0.05, 0) is 57.3 Å². The Bertz CT molecular complexity index is 976. The van der Waals surface area contributed by atoms with E-state index in [1.54, 1.807) is 18.5 Å². The fourth-order valence-electron chi connectivity index (χ4n) is 5.19. The third-order valence-electron chi connectivity index (χ3n) is 6.45. The van der Waals surface area contributed by atoms with Crippen molar-refractivity contribution in [2.45, 2.75) is 38.1 Å². The van der Waals surface area contributed by atoms with Crippen LogP contribution in [0.2, 0.25) is 0 Å². The Labute approximate surface area is 190 Å². The van der Waals surface area contributed by atoms with Crippen LogP contribution >= 0.6 is 12.4 Å². The number of nitrogens with one attached hydrogen (secondary N) is 2. The molecule has 0 saturated carbocycles. The van der Waals surface area contributed by atoms with Gasteiger partial charge in [0.05, 0.1) is 16.6 Å². The van der Waals surface area contributed by atoms with Gasteiger partial charge < -0.3 is 15.5 Å². The van der Waals surface area contributed by atoms with E-state index in [4.69, 9.17) is 0 Å². The topological polar surface area (TPSA) is 93.9 Å². The number of hydrogen-bond acceptors (Lipinski definition) is 6. The first-order chi connectivity index (χ1) is 14.5. The van der Waals surface area contributed by atoms with Crippen LogP contribution in [0.15, 0.2) is 24.5 Å². The molecule has 1 unspecified atom stereocenters. The number of fused-ring (bicyclic) bond motifs is 1. The summed E-state index contributed by atoms with van der Waals surface area (Å²) in [4.78, 5) is 24.5. The van der Waals surface area contributed by atoms with Crippen LogP contribution in [-0.4, -0.2) is 54.0 Å². The predicted octanol–water partition coefficient (Wildman–Crippen LogP) is 2.60. The van der Waals surface area contributed by atoms with Gasteiger partial charge in [0.1, 0.15) is 11.6 Å². The Morgan fingerprint density at radius 2 is 2.13 bits per heavy atom. The standard InChI is InChI=1S/C23H30N6O.ClH/c1-16-11-23(15-25-13-16,28-20(30)10-17-4-3-9-29(2)14-17)19-6-5-18(12-24)21-22(19)27-8-7-26-21;/h5-8,16-17,25H,3-4,9-11,13-15H2,1-2H3,(H,28,30);1H/t16-,17?,23-;/m0./s1. The Hall–Kier alpha value is -2.27. The molecule has 2 aliphatic rings. The van der Waals surface area contributed by atoms with Gasteiger partial charge in [0, 0.05) is 37.5 Å². The summed E-state index contributed by atoms with van der Waals surface area (Å²) in [6.45, 7) is 5.84. The highest BCUT2D eigenvalue weighted by atomic mass is 35.5. The molecule has 166 valence electrons. The van der Waals surface area contributed by atoms with Crippen molar-refractivity contribution in [2.24, 2.45) is 11.8 Å². The van der Waals surface area contributed by atoms with Crippen LogP contribution in [0.3, 0.4) is 0 Å². The third-order valence-corrected chi connectivity index (χ3v) is 6.45. The number of piperidine rings is 2. The minimum absolute atomic E-state index is 0. The Kier molecular flexibility index (Phi) is 7.47. The van der Waals surface area contributed by atoms with Gasteiger partial charge in [0.25, 0.3) is 0 Å². The smallest absolute Gasteiger partial charge is 0.221 e. The molecule has 0 radical (unpaired) electrons. The average molecular weight is 443 g/mol. The van der Waals surface area contributed by atoms with Gasteiger partial charge in [-0.25, -0.2) is 0 Å². The van der Waals surface area contributed by atoms with Crippen molar-refractivity contribution in [1.29, 1.82) is 5.26 Å². The summed E-state index contributed by atoms with van der Waals surface area (Å²) < 4.78 is 0. The largest absolute Gasteiger partial charge is 0.345 e. The van der Waals surface area contributed by atoms with E-state index in [1.807, 2.05) is 6.07 Å². The van der Waals surface area contributed by atoms with E-state index in [-0.39, 0.29) is 18.3 Å². The minimum atomic E-state index is -0.558. The van der Waals surface area contributed by atoms with Crippen LogP contribution in [0.25, 0.3) is 11.0 Å². The highest BCUT2D eigenvalue weighted by Gasteiger charge is 2.40. The zero-order valence-electron chi connectivity index (χ0n) is 18.2. The zero-order chi connectivity index (χ0) is 21.1. The second kappa shape index (κ2) is 9.90. The molecule has 31 heavy (non-hydrogen) atoms. The monoisotopic (exact) mass is 442 g/mol. The van der Waals surface area contributed by atoms with E-state index in [2.05, 4.69) is 45.5 Å². The van der Waals surface area contributed by atoms with E-state index in [0.29, 0.717) is 41.4 Å². The highest BCUT2D eigenvalue weighted by Crippen LogP contribution is 2.35. The van der Waals surface area contributed by atoms with Crippen LogP contribution in [0.5, 0.6) is 0 Å². The number of aromatic nitrogens is 2. The van der Waals surface area contributed by atoms with Crippen LogP contribution in [0, 0.1) is 23.2 Å². The SMILES string of the molecule is C[C@@H]1CNC[C@](NC(=O)CC2CCCN(C)C2)(c2ccc(C#N)c3nccnc23)C1.Cl. The molecule has 1 amide bonds. The lowest BCUT2D eigenvalue weighted by Gasteiger charge is -2.42. The third kappa shape index (κ3) is 4.98. The predicted molar refractivity (Wildman–Crippen MR) is 123 cm³/mol. The first kappa shape index (κ1) is 23.4. The van der Waals surface area contributed by atoms with E-state index in [1.165, 1.54) is 0 Å². The molecule has 2 fully saturated rings. The molecule has 2 saturated heterocycles. The zero-order valence-corrected chi connectivity index (χ0v) is 19.0. The van der Waals surface area contributed by atoms with Crippen molar-refractivity contribution in [3.63, 3.8) is 0 Å². The fraction of sp³-hybridized carbons (Fsp3) is 0.565. The minimum Gasteiger partial charge on any atom is -0.345 e. The number of likely N-dealkylation sites (tertiary alicyclic amines) is 1. The van der Waals surface area contributed by atoms with Gasteiger partial charge in [0.2, 0.25) is 5.91 Å². The van der Waals surface area contributed by atoms with Crippen LogP contribution in [0.1, 0.15) is 43.7 Å². The van der Waals surface area contributed by atoms with E-state index in [0.717, 1.165) is 44.5 Å². The summed E-state index contributed by atoms with van der Waals surface area (Å²) in [6.07, 6.45) is 6.88. The molecule has 4 rings (SSSR count). The number of rotatable bonds is 4. The number of halogens is 1. The lowest BCUT2D eigenvalue weighted by Crippen LogP contribution is -2.57. The van der Waals surface area contributed by atoms with Crippen molar-refractivity contribution >= 4 is 29.3 Å². The first-order valence-electron chi connectivity index (χ1n) is 10.9. The normalized spacial score (nSPS) is 26.6. The summed E-state index contributed by atoms with van der Waals surface area (Å²) in [5.74, 6) is 0.891. The quantitative estimate of drug-likeness (QED) is 0.755. The molecule has 0 bridgehead atoms. The maximum absolute atomic E-state index is 13.2. The molecule has 2 aromatic rings. The van der Waals surface area contributed by atoms with E-state index >= 15 is 0 Å². The molecule has 1 aromatic carbocycles. The van der Waals surface area contributed by atoms with Gasteiger partial charge in [-0.3, -0.25) is 14.8 Å². The molecule has 8 heteroatoms. The second-order valence-electron chi connectivity index (χ2n) is 9.07. The molecule has 2 N–H and O–H groups in total. The Morgan fingerprint density at radius 1 is 1.35 bits per heavy atom. The van der Waals surface area contributed by atoms with Gasteiger partial charge in [-0.2, -0.15) is 5.26 Å². The summed E-state index contributed by atoms with van der Waals surface area (Å²) >= 11 is 0. The second-order valence-corrected chi connectivity index (χ2v) is 9.07. The molecular weight excluding hydrogens is 412 g/mol. The molecule has 7 nitrogen and oxygen atoms in total. The summed E-state index contributed by atoms with van der Waals surface area (Å²) in [5.41, 5.74) is 2.18. The molecule has 3 atom stereocenters. The lowest BCUT2D eigenvalue weighted by atomic mass is 9.77. The maximum atomic E-state index is 13.2. The number of nitriles is 1. The summed E-state index contributed by atoms with van der Waals surface area (Å²) in [7, 11) is 2.12. The molecule has 1 aromatic heterocycles. The summed E-state index contributed by atoms with van der Waals surface area (Å²) in [6, 6.07) is 5.96. The molecule has 0 aliphatic carbocycles. The molecular formula is C23H31ClN6O. The molecule has 0 spiro atoms. The fourth-order valence-corrected chi connectivity index (χ4v) is 5.19. The van der Waals surface area contributed by atoms with Gasteiger partial charge in [-0.15, -0.1) is 12.4 Å². The first-order valence-corrected chi connectivity index (χ1v) is 10.9. The van der Waals surface area contributed by atoms with Crippen LogP contribution in [-0.2, 0) is 10.3 Å². The van der Waals surface area contributed by atoms with E-state index < -0.39 is 5.54 Å². The van der Waals surface area contributed by atoms with E-state index in [9.17, 15) is 10.1 Å². The Balaban J connectivity index is 0.00000272. The molecule has 3 heterocycles. The van der Waals surface area contributed by atoms with Crippen molar-refractivity contribution in [1.82, 2.24) is 25.5 Å². The number of amides is 1. The van der Waals surface area contributed by atoms with Crippen molar-refractivity contribution in [3.05, 3.63) is 35.7 Å². The number of hydrogen-bond donors (Lipinski definition) is 2. The number of benzene rings is 1. The number of carbonyl (C=O) groups excluding carboxylic acids is 1. The number of carbonyl (C=O) groups is 1. The Morgan fingerprint density at radius 3 is 2.84 bits per heavy atom. The lowest BCUT2D eigenvalue weighted by molar-refractivity contribution is -0.125. The van der Waals surface area contributed by atoms with Crippen molar-refractivity contribution in [3.8, 4) is 6.07 Å². The van der Waals surface area contributed by atoms with Crippen LogP contribution in [0.4, 0.5) is 0 Å². The van der Waals surface area contributed by atoms with Crippen molar-refractivity contribution < 1.29 is 4.79 Å².